The zero-order valence-corrected chi connectivity index (χ0v) is 7.53. The van der Waals surface area contributed by atoms with Crippen molar-refractivity contribution in [3.63, 3.8) is 0 Å². The molecule has 3 heteroatoms. The fraction of sp³-hybridized carbons (Fsp3) is 0.300. The zero-order chi connectivity index (χ0) is 9.10. The van der Waals surface area contributed by atoms with E-state index < -0.39 is 0 Å². The predicted octanol–water partition coefficient (Wildman–Crippen LogP) is 1.68. The molecule has 68 valence electrons. The average molecular weight is 176 g/mol. The Balaban J connectivity index is 2.15. The molecular weight excluding hydrogens is 164 g/mol. The van der Waals surface area contributed by atoms with Gasteiger partial charge in [0.25, 0.3) is 0 Å². The van der Waals surface area contributed by atoms with E-state index in [2.05, 4.69) is 22.7 Å². The van der Waals surface area contributed by atoms with Gasteiger partial charge in [0.05, 0.1) is 6.54 Å². The van der Waals surface area contributed by atoms with Crippen molar-refractivity contribution in [1.82, 2.24) is 5.43 Å². The third-order valence-electron chi connectivity index (χ3n) is 2.00. The van der Waals surface area contributed by atoms with Gasteiger partial charge in [-0.2, -0.15) is 0 Å². The Morgan fingerprint density at radius 1 is 1.38 bits per heavy atom. The van der Waals surface area contributed by atoms with Gasteiger partial charge in [0.2, 0.25) is 5.90 Å². The molecule has 1 aromatic carbocycles. The fourth-order valence-electron chi connectivity index (χ4n) is 1.37. The number of ether oxygens (including phenoxy) is 1. The lowest BCUT2D eigenvalue weighted by Crippen LogP contribution is -2.27. The van der Waals surface area contributed by atoms with Crippen LogP contribution in [0.15, 0.2) is 35.4 Å². The number of benzene rings is 1. The summed E-state index contributed by atoms with van der Waals surface area (Å²) in [6.07, 6.45) is 0.0960. The molecule has 1 heterocycles. The molecule has 13 heavy (non-hydrogen) atoms. The zero-order valence-electron chi connectivity index (χ0n) is 7.53. The maximum absolute atomic E-state index is 5.56. The van der Waals surface area contributed by atoms with E-state index in [1.807, 2.05) is 25.1 Å². The van der Waals surface area contributed by atoms with E-state index in [4.69, 9.17) is 4.74 Å². The van der Waals surface area contributed by atoms with Crippen LogP contribution in [-0.2, 0) is 4.74 Å². The average Bonchev–Trinajstić information content (AvgIpc) is 2.19. The highest BCUT2D eigenvalue weighted by Gasteiger charge is 2.16. The van der Waals surface area contributed by atoms with Crippen LogP contribution < -0.4 is 5.43 Å². The Hall–Kier alpha value is -1.51. The van der Waals surface area contributed by atoms with E-state index in [9.17, 15) is 0 Å². The van der Waals surface area contributed by atoms with Crippen molar-refractivity contribution in [1.29, 1.82) is 0 Å². The summed E-state index contributed by atoms with van der Waals surface area (Å²) in [5.74, 6) is 0.695. The molecule has 1 N–H and O–H groups in total. The van der Waals surface area contributed by atoms with Gasteiger partial charge in [0.1, 0.15) is 6.10 Å². The third kappa shape index (κ3) is 1.80. The van der Waals surface area contributed by atoms with Crippen LogP contribution in [-0.4, -0.2) is 12.4 Å². The molecule has 3 nitrogen and oxygen atoms in total. The van der Waals surface area contributed by atoms with Crippen LogP contribution in [0.5, 0.6) is 0 Å². The molecule has 1 aliphatic heterocycles. The Kier molecular flexibility index (Phi) is 2.17. The van der Waals surface area contributed by atoms with Gasteiger partial charge in [-0.1, -0.05) is 30.3 Å². The second-order valence-corrected chi connectivity index (χ2v) is 3.01. The maximum Gasteiger partial charge on any atom is 0.203 e. The third-order valence-corrected chi connectivity index (χ3v) is 2.00. The molecule has 1 unspecified atom stereocenters. The molecule has 1 atom stereocenters. The summed E-state index contributed by atoms with van der Waals surface area (Å²) in [7, 11) is 0. The van der Waals surface area contributed by atoms with Gasteiger partial charge >= 0.3 is 0 Å². The van der Waals surface area contributed by atoms with Gasteiger partial charge < -0.3 is 10.2 Å². The van der Waals surface area contributed by atoms with Crippen LogP contribution >= 0.6 is 0 Å². The second kappa shape index (κ2) is 3.47. The first kappa shape index (κ1) is 8.10. The first-order chi connectivity index (χ1) is 6.36. The molecule has 1 aromatic rings. The number of nitrogens with zero attached hydrogens (tertiary/aromatic N) is 1. The van der Waals surface area contributed by atoms with E-state index in [0.29, 0.717) is 5.90 Å². The van der Waals surface area contributed by atoms with E-state index >= 15 is 0 Å². The summed E-state index contributed by atoms with van der Waals surface area (Å²) >= 11 is 0. The highest BCUT2D eigenvalue weighted by molar-refractivity contribution is 5.73. The van der Waals surface area contributed by atoms with Gasteiger partial charge in [0, 0.05) is 6.92 Å². The molecule has 0 bridgehead atoms. The number of hydrogen-bond acceptors (Lipinski definition) is 3. The Bertz CT molecular complexity index is 308. The van der Waals surface area contributed by atoms with Crippen molar-refractivity contribution in [3.8, 4) is 0 Å². The van der Waals surface area contributed by atoms with Crippen molar-refractivity contribution in [3.05, 3.63) is 35.9 Å². The molecular formula is C10H12N2O. The van der Waals surface area contributed by atoms with Crippen LogP contribution in [0.4, 0.5) is 0 Å². The predicted molar refractivity (Wildman–Crippen MR) is 51.4 cm³/mol. The normalized spacial score (nSPS) is 21.3. The fourth-order valence-corrected chi connectivity index (χ4v) is 1.37. The van der Waals surface area contributed by atoms with Crippen LogP contribution in [0.2, 0.25) is 0 Å². The first-order valence-electron chi connectivity index (χ1n) is 4.35. The van der Waals surface area contributed by atoms with Crippen LogP contribution in [0.25, 0.3) is 0 Å². The molecule has 0 fully saturated rings. The van der Waals surface area contributed by atoms with Crippen LogP contribution in [0, 0.1) is 0 Å². The molecule has 0 spiro atoms. The number of nitrogens with one attached hydrogen (secondary N) is 1. The van der Waals surface area contributed by atoms with Crippen LogP contribution in [0.3, 0.4) is 0 Å². The van der Waals surface area contributed by atoms with Gasteiger partial charge in [-0.25, -0.2) is 0 Å². The molecule has 0 aliphatic carbocycles. The Morgan fingerprint density at radius 2 is 2.15 bits per heavy atom. The lowest BCUT2D eigenvalue weighted by molar-refractivity contribution is 0.167. The van der Waals surface area contributed by atoms with Crippen molar-refractivity contribution in [2.24, 2.45) is 5.10 Å². The summed E-state index contributed by atoms with van der Waals surface area (Å²) in [5.41, 5.74) is 4.13. The largest absolute Gasteiger partial charge is 0.470 e. The summed E-state index contributed by atoms with van der Waals surface area (Å²) in [5, 5.41) is 3.95. The number of hydrogen-bond donors (Lipinski definition) is 1. The molecule has 0 aromatic heterocycles. The van der Waals surface area contributed by atoms with Gasteiger partial charge in [-0.15, -0.1) is 5.10 Å². The van der Waals surface area contributed by atoms with E-state index in [-0.39, 0.29) is 6.10 Å². The number of hydrazone groups is 1. The quantitative estimate of drug-likeness (QED) is 0.706. The maximum atomic E-state index is 5.56. The Labute approximate surface area is 77.4 Å². The second-order valence-electron chi connectivity index (χ2n) is 3.01. The van der Waals surface area contributed by atoms with Gasteiger partial charge in [-0.05, 0) is 5.56 Å². The monoisotopic (exact) mass is 176 g/mol. The SMILES string of the molecule is CC1=NNCC(c2ccccc2)O1. The van der Waals surface area contributed by atoms with Crippen molar-refractivity contribution in [2.75, 3.05) is 6.54 Å². The molecule has 0 saturated heterocycles. The van der Waals surface area contributed by atoms with Crippen molar-refractivity contribution >= 4 is 5.90 Å². The summed E-state index contributed by atoms with van der Waals surface area (Å²) in [6.45, 7) is 2.59. The minimum atomic E-state index is 0.0960. The molecule has 0 amide bonds. The molecule has 2 rings (SSSR count). The highest BCUT2D eigenvalue weighted by atomic mass is 16.5. The van der Waals surface area contributed by atoms with Crippen molar-refractivity contribution < 1.29 is 4.74 Å². The van der Waals surface area contributed by atoms with Crippen molar-refractivity contribution in [2.45, 2.75) is 13.0 Å². The molecule has 1 aliphatic rings. The standard InChI is InChI=1S/C10H12N2O/c1-8-12-11-7-10(13-8)9-5-3-2-4-6-9/h2-6,10-11H,7H2,1H3. The Morgan fingerprint density at radius 3 is 2.85 bits per heavy atom. The molecule has 0 saturated carbocycles. The van der Waals surface area contributed by atoms with Crippen LogP contribution in [0.1, 0.15) is 18.6 Å². The summed E-state index contributed by atoms with van der Waals surface area (Å²) < 4.78 is 5.56. The van der Waals surface area contributed by atoms with Gasteiger partial charge in [-0.3, -0.25) is 0 Å². The molecule has 0 radical (unpaired) electrons. The highest BCUT2D eigenvalue weighted by Crippen LogP contribution is 2.18. The topological polar surface area (TPSA) is 33.6 Å². The summed E-state index contributed by atoms with van der Waals surface area (Å²) in [4.78, 5) is 0. The first-order valence-corrected chi connectivity index (χ1v) is 4.35. The smallest absolute Gasteiger partial charge is 0.203 e. The van der Waals surface area contributed by atoms with Gasteiger partial charge in [0.15, 0.2) is 0 Å². The minimum absolute atomic E-state index is 0.0960. The van der Waals surface area contributed by atoms with E-state index in [1.54, 1.807) is 0 Å². The number of rotatable bonds is 1. The minimum Gasteiger partial charge on any atom is -0.470 e. The summed E-state index contributed by atoms with van der Waals surface area (Å²) in [6, 6.07) is 10.1. The van der Waals surface area contributed by atoms with E-state index in [0.717, 1.165) is 6.54 Å². The van der Waals surface area contributed by atoms with E-state index in [1.165, 1.54) is 5.56 Å². The lowest BCUT2D eigenvalue weighted by Gasteiger charge is -2.22. The lowest BCUT2D eigenvalue weighted by atomic mass is 10.1.